The van der Waals surface area contributed by atoms with Crippen molar-refractivity contribution in [1.82, 2.24) is 10.7 Å². The van der Waals surface area contributed by atoms with Crippen molar-refractivity contribution in [1.29, 1.82) is 0 Å². The lowest BCUT2D eigenvalue weighted by atomic mass is 9.95. The van der Waals surface area contributed by atoms with Crippen molar-refractivity contribution in [3.8, 4) is 0 Å². The van der Waals surface area contributed by atoms with Gasteiger partial charge in [0.1, 0.15) is 0 Å². The molecule has 112 valence electrons. The molecule has 0 atom stereocenters. The van der Waals surface area contributed by atoms with Gasteiger partial charge in [-0.15, -0.1) is 0 Å². The van der Waals surface area contributed by atoms with Crippen molar-refractivity contribution >= 4 is 29.6 Å². The van der Waals surface area contributed by atoms with E-state index in [2.05, 4.69) is 15.8 Å². The monoisotopic (exact) mass is 307 g/mol. The first-order valence-corrected chi connectivity index (χ1v) is 7.43. The number of carbonyl (C=O) groups excluding carboxylic acids is 2. The fraction of sp³-hybridized carbons (Fsp3) is 0.400. The van der Waals surface area contributed by atoms with Gasteiger partial charge in [0.05, 0.1) is 6.21 Å². The van der Waals surface area contributed by atoms with Crippen molar-refractivity contribution in [3.05, 3.63) is 34.9 Å². The topological polar surface area (TPSA) is 70.6 Å². The highest BCUT2D eigenvalue weighted by Gasteiger charge is 2.19. The summed E-state index contributed by atoms with van der Waals surface area (Å²) in [6.45, 7) is 0. The second-order valence-electron chi connectivity index (χ2n) is 5.03. The maximum atomic E-state index is 11.7. The van der Waals surface area contributed by atoms with E-state index in [1.165, 1.54) is 12.6 Å². The van der Waals surface area contributed by atoms with E-state index in [0.29, 0.717) is 10.6 Å². The Labute approximate surface area is 128 Å². The van der Waals surface area contributed by atoms with Crippen LogP contribution in [0.5, 0.6) is 0 Å². The molecule has 21 heavy (non-hydrogen) atoms. The molecular weight excluding hydrogens is 290 g/mol. The summed E-state index contributed by atoms with van der Waals surface area (Å²) < 4.78 is 0. The first-order chi connectivity index (χ1) is 10.2. The zero-order chi connectivity index (χ0) is 15.1. The van der Waals surface area contributed by atoms with Crippen molar-refractivity contribution in [2.45, 2.75) is 38.1 Å². The van der Waals surface area contributed by atoms with Crippen molar-refractivity contribution in [3.63, 3.8) is 0 Å². The molecule has 0 saturated heterocycles. The zero-order valence-electron chi connectivity index (χ0n) is 11.6. The van der Waals surface area contributed by atoms with E-state index in [1.807, 2.05) is 6.07 Å². The lowest BCUT2D eigenvalue weighted by Crippen LogP contribution is -2.44. The van der Waals surface area contributed by atoms with Gasteiger partial charge in [-0.1, -0.05) is 49.1 Å². The predicted molar refractivity (Wildman–Crippen MR) is 82.2 cm³/mol. The number of nitrogens with zero attached hydrogens (tertiary/aromatic N) is 1. The molecule has 1 aliphatic rings. The number of benzene rings is 1. The van der Waals surface area contributed by atoms with Crippen LogP contribution < -0.4 is 10.7 Å². The molecule has 0 bridgehead atoms. The number of hydrazone groups is 1. The predicted octanol–water partition coefficient (Wildman–Crippen LogP) is 2.24. The Morgan fingerprint density at radius 3 is 2.57 bits per heavy atom. The normalized spacial score (nSPS) is 15.9. The van der Waals surface area contributed by atoms with Crippen molar-refractivity contribution in [2.75, 3.05) is 0 Å². The first kappa shape index (κ1) is 15.5. The van der Waals surface area contributed by atoms with Gasteiger partial charge in [0.25, 0.3) is 0 Å². The Morgan fingerprint density at radius 1 is 1.14 bits per heavy atom. The molecule has 0 radical (unpaired) electrons. The molecule has 1 aromatic rings. The second kappa shape index (κ2) is 7.78. The molecular formula is C15H18ClN3O2. The Hall–Kier alpha value is -1.88. The smallest absolute Gasteiger partial charge is 0.329 e. The molecule has 1 aromatic carbocycles. The van der Waals surface area contributed by atoms with E-state index in [9.17, 15) is 9.59 Å². The van der Waals surface area contributed by atoms with Gasteiger partial charge in [-0.05, 0) is 18.9 Å². The number of nitrogens with one attached hydrogen (secondary N) is 2. The number of hydrogen-bond donors (Lipinski definition) is 2. The van der Waals surface area contributed by atoms with Crippen LogP contribution in [0.1, 0.15) is 37.7 Å². The van der Waals surface area contributed by atoms with Crippen LogP contribution in [0.4, 0.5) is 0 Å². The highest BCUT2D eigenvalue weighted by molar-refractivity contribution is 6.35. The average Bonchev–Trinajstić information content (AvgIpc) is 2.50. The molecule has 1 saturated carbocycles. The number of hydrogen-bond acceptors (Lipinski definition) is 3. The highest BCUT2D eigenvalue weighted by atomic mass is 35.5. The molecule has 0 unspecified atom stereocenters. The third-order valence-electron chi connectivity index (χ3n) is 3.42. The largest absolute Gasteiger partial charge is 0.345 e. The van der Waals surface area contributed by atoms with Gasteiger partial charge in [0.2, 0.25) is 0 Å². The maximum absolute atomic E-state index is 11.7. The van der Waals surface area contributed by atoms with Crippen molar-refractivity contribution in [2.24, 2.45) is 5.10 Å². The van der Waals surface area contributed by atoms with Gasteiger partial charge in [-0.3, -0.25) is 9.59 Å². The summed E-state index contributed by atoms with van der Waals surface area (Å²) >= 11 is 5.95. The van der Waals surface area contributed by atoms with E-state index in [-0.39, 0.29) is 6.04 Å². The summed E-state index contributed by atoms with van der Waals surface area (Å²) in [6, 6.07) is 7.20. The Bertz CT molecular complexity index is 539. The fourth-order valence-corrected chi connectivity index (χ4v) is 2.47. The van der Waals surface area contributed by atoms with Gasteiger partial charge < -0.3 is 5.32 Å². The summed E-state index contributed by atoms with van der Waals surface area (Å²) in [7, 11) is 0. The van der Waals surface area contributed by atoms with E-state index in [0.717, 1.165) is 25.7 Å². The Balaban J connectivity index is 1.81. The molecule has 1 fully saturated rings. The van der Waals surface area contributed by atoms with E-state index < -0.39 is 11.8 Å². The fourth-order valence-electron chi connectivity index (χ4n) is 2.29. The van der Waals surface area contributed by atoms with Crippen LogP contribution in [0.2, 0.25) is 5.02 Å². The van der Waals surface area contributed by atoms with Gasteiger partial charge in [-0.2, -0.15) is 5.10 Å². The van der Waals surface area contributed by atoms with Crippen LogP contribution in [-0.2, 0) is 9.59 Å². The standard InChI is InChI=1S/C15H18ClN3O2/c16-13-9-5-4-6-11(13)10-17-19-15(21)14(20)18-12-7-2-1-3-8-12/h4-6,9-10,12H,1-3,7-8H2,(H,18,20)(H,19,21)/b17-10-. The average molecular weight is 308 g/mol. The maximum Gasteiger partial charge on any atom is 0.329 e. The molecule has 5 nitrogen and oxygen atoms in total. The Morgan fingerprint density at radius 2 is 1.86 bits per heavy atom. The second-order valence-corrected chi connectivity index (χ2v) is 5.44. The summed E-state index contributed by atoms with van der Waals surface area (Å²) in [4.78, 5) is 23.3. The molecule has 0 heterocycles. The van der Waals surface area contributed by atoms with Crippen LogP contribution in [-0.4, -0.2) is 24.1 Å². The van der Waals surface area contributed by atoms with Crippen LogP contribution in [0.15, 0.2) is 29.4 Å². The van der Waals surface area contributed by atoms with E-state index in [1.54, 1.807) is 18.2 Å². The molecule has 2 rings (SSSR count). The molecule has 2 amide bonds. The summed E-state index contributed by atoms with van der Waals surface area (Å²) in [6.07, 6.45) is 6.66. The van der Waals surface area contributed by atoms with Gasteiger partial charge in [0.15, 0.2) is 0 Å². The molecule has 6 heteroatoms. The molecule has 1 aliphatic carbocycles. The minimum atomic E-state index is -0.760. The van der Waals surface area contributed by atoms with Crippen LogP contribution in [0.3, 0.4) is 0 Å². The summed E-state index contributed by atoms with van der Waals surface area (Å²) in [5.74, 6) is -1.40. The SMILES string of the molecule is O=C(N/N=C\c1ccccc1Cl)C(=O)NC1CCCCC1. The van der Waals surface area contributed by atoms with E-state index >= 15 is 0 Å². The molecule has 0 aliphatic heterocycles. The van der Waals surface area contributed by atoms with Crippen LogP contribution >= 0.6 is 11.6 Å². The van der Waals surface area contributed by atoms with Gasteiger partial charge in [0, 0.05) is 16.6 Å². The first-order valence-electron chi connectivity index (χ1n) is 7.05. The highest BCUT2D eigenvalue weighted by Crippen LogP contribution is 2.17. The minimum Gasteiger partial charge on any atom is -0.345 e. The molecule has 0 spiro atoms. The third-order valence-corrected chi connectivity index (χ3v) is 3.77. The number of halogens is 1. The number of rotatable bonds is 3. The lowest BCUT2D eigenvalue weighted by Gasteiger charge is -2.22. The van der Waals surface area contributed by atoms with Crippen LogP contribution in [0, 0.1) is 0 Å². The van der Waals surface area contributed by atoms with Crippen molar-refractivity contribution < 1.29 is 9.59 Å². The third kappa shape index (κ3) is 4.86. The molecule has 2 N–H and O–H groups in total. The van der Waals surface area contributed by atoms with Gasteiger partial charge in [-0.25, -0.2) is 5.43 Å². The summed E-state index contributed by atoms with van der Waals surface area (Å²) in [5.41, 5.74) is 2.88. The summed E-state index contributed by atoms with van der Waals surface area (Å²) in [5, 5.41) is 7.00. The quantitative estimate of drug-likeness (QED) is 0.511. The number of amides is 2. The Kier molecular flexibility index (Phi) is 5.75. The minimum absolute atomic E-state index is 0.101. The van der Waals surface area contributed by atoms with Gasteiger partial charge >= 0.3 is 11.8 Å². The zero-order valence-corrected chi connectivity index (χ0v) is 12.4. The lowest BCUT2D eigenvalue weighted by molar-refractivity contribution is -0.139. The van der Waals surface area contributed by atoms with E-state index in [4.69, 9.17) is 11.6 Å². The molecule has 0 aromatic heterocycles. The van der Waals surface area contributed by atoms with Crippen LogP contribution in [0.25, 0.3) is 0 Å². The number of carbonyl (C=O) groups is 2.